The molecule has 216 valence electrons. The van der Waals surface area contributed by atoms with E-state index in [9.17, 15) is 14.5 Å². The minimum Gasteiger partial charge on any atom is -0.468 e. The number of hydroxylamine groups is 1. The number of benzene rings is 1. The molecule has 0 saturated carbocycles. The zero-order valence-corrected chi connectivity index (χ0v) is 23.3. The van der Waals surface area contributed by atoms with E-state index in [1.807, 2.05) is 6.92 Å². The zero-order chi connectivity index (χ0) is 29.0. The maximum Gasteiger partial charge on any atom is 0.693 e. The summed E-state index contributed by atoms with van der Waals surface area (Å²) in [5.41, 5.74) is 4.10. The van der Waals surface area contributed by atoms with Crippen LogP contribution in [0.2, 0.25) is 0 Å². The van der Waals surface area contributed by atoms with E-state index < -0.39 is 50.9 Å². The van der Waals surface area contributed by atoms with Crippen molar-refractivity contribution >= 4 is 37.1 Å². The Kier molecular flexibility index (Phi) is 9.11. The van der Waals surface area contributed by atoms with Crippen LogP contribution < -0.4 is 15.6 Å². The van der Waals surface area contributed by atoms with Crippen molar-refractivity contribution in [2.24, 2.45) is 0 Å². The molecule has 0 amide bonds. The van der Waals surface area contributed by atoms with E-state index in [-0.39, 0.29) is 17.3 Å². The van der Waals surface area contributed by atoms with Gasteiger partial charge in [0.05, 0.1) is 18.3 Å². The number of aliphatic hydroxyl groups excluding tert-OH is 1. The fraction of sp³-hybridized carbons (Fsp3) is 0.500. The molecule has 1 saturated heterocycles. The summed E-state index contributed by atoms with van der Waals surface area (Å²) >= 11 is 0. The molecule has 4 rings (SSSR count). The van der Waals surface area contributed by atoms with Gasteiger partial charge in [0.15, 0.2) is 40.7 Å². The quantitative estimate of drug-likeness (QED) is 0.162. The van der Waals surface area contributed by atoms with Gasteiger partial charge >= 0.3 is 14.1 Å². The minimum atomic E-state index is -2.76. The lowest BCUT2D eigenvalue weighted by molar-refractivity contribution is -0.179. The number of hydrogen-bond donors (Lipinski definition) is 3. The lowest BCUT2D eigenvalue weighted by Gasteiger charge is -2.24. The first-order valence-corrected chi connectivity index (χ1v) is 13.7. The lowest BCUT2D eigenvalue weighted by Crippen LogP contribution is -2.42. The predicted octanol–water partition coefficient (Wildman–Crippen LogP) is 2.75. The van der Waals surface area contributed by atoms with Crippen molar-refractivity contribution in [3.63, 3.8) is 0 Å². The number of aromatic nitrogens is 4. The third-order valence-corrected chi connectivity index (χ3v) is 7.43. The summed E-state index contributed by atoms with van der Waals surface area (Å²) in [6, 6.07) is 7.09. The second-order valence-electron chi connectivity index (χ2n) is 9.24. The van der Waals surface area contributed by atoms with Gasteiger partial charge in [-0.3, -0.25) is 14.2 Å². The van der Waals surface area contributed by atoms with Crippen molar-refractivity contribution in [2.75, 3.05) is 31.3 Å². The molecule has 3 heterocycles. The van der Waals surface area contributed by atoms with E-state index in [1.54, 1.807) is 30.3 Å². The van der Waals surface area contributed by atoms with Gasteiger partial charge in [0.1, 0.15) is 18.8 Å². The Morgan fingerprint density at radius 3 is 2.77 bits per heavy atom. The third-order valence-electron chi connectivity index (χ3n) is 6.28. The van der Waals surface area contributed by atoms with Crippen LogP contribution in [0.25, 0.3) is 11.2 Å². The molecule has 1 fully saturated rings. The molecule has 40 heavy (non-hydrogen) atoms. The number of imidazole rings is 1. The van der Waals surface area contributed by atoms with Crippen LogP contribution in [0, 0.1) is 0 Å². The Hall–Kier alpha value is -3.49. The van der Waals surface area contributed by atoms with Crippen molar-refractivity contribution in [3.05, 3.63) is 36.7 Å². The van der Waals surface area contributed by atoms with Crippen LogP contribution in [0.1, 0.15) is 33.4 Å². The van der Waals surface area contributed by atoms with Crippen LogP contribution >= 0.6 is 8.18 Å². The SMILES string of the molecule is CCCNc1nc(N)nc2c1ncn2[C@@H]1O[C@H](CON(C(C)C(=O)OC)[P+](=O)Oc2ccccc2)[C@@H](O)[C@@]1(C)F. The minimum absolute atomic E-state index is 0.0542. The number of carbonyl (C=O) groups excluding carboxylic acids is 1. The van der Waals surface area contributed by atoms with Crippen LogP contribution in [0.4, 0.5) is 16.2 Å². The standard InChI is InChI=1S/C24H32FN7O7P/c1-5-11-27-19-17-20(30-23(26)29-19)31(13-28-17)22-24(3,25)18(33)16(38-22)12-37-32(14(2)21(34)36-4)40(35)39-15-9-7-6-8-10-15/h6-10,13-14,16,18,22,33H,5,11-12H2,1-4H3,(H3,26,27,29,30)/q+1/t14?,16-,18-,22-,24-/m1/s1. The number of alkyl halides is 1. The van der Waals surface area contributed by atoms with Gasteiger partial charge in [0.2, 0.25) is 5.95 Å². The number of carbonyl (C=O) groups is 1. The summed E-state index contributed by atoms with van der Waals surface area (Å²) in [7, 11) is -1.60. The largest absolute Gasteiger partial charge is 0.693 e. The first-order chi connectivity index (χ1) is 19.1. The van der Waals surface area contributed by atoms with Crippen molar-refractivity contribution in [2.45, 2.75) is 57.3 Å². The fourth-order valence-electron chi connectivity index (χ4n) is 4.14. The molecular weight excluding hydrogens is 548 g/mol. The Labute approximate surface area is 230 Å². The highest BCUT2D eigenvalue weighted by atomic mass is 31.1. The van der Waals surface area contributed by atoms with Crippen LogP contribution in [-0.4, -0.2) is 79.6 Å². The van der Waals surface area contributed by atoms with Gasteiger partial charge in [0.25, 0.3) is 0 Å². The maximum absolute atomic E-state index is 16.0. The number of rotatable bonds is 12. The summed E-state index contributed by atoms with van der Waals surface area (Å²) < 4.78 is 46.4. The Bertz CT molecular complexity index is 1350. The lowest BCUT2D eigenvalue weighted by atomic mass is 9.98. The molecule has 6 atom stereocenters. The predicted molar refractivity (Wildman–Crippen MR) is 142 cm³/mol. The highest BCUT2D eigenvalue weighted by molar-refractivity contribution is 7.36. The van der Waals surface area contributed by atoms with E-state index >= 15 is 4.39 Å². The number of fused-ring (bicyclic) bond motifs is 1. The number of nitrogens with one attached hydrogen (secondary N) is 1. The van der Waals surface area contributed by atoms with Crippen LogP contribution in [0.3, 0.4) is 0 Å². The average Bonchev–Trinajstić information content (AvgIpc) is 3.45. The molecule has 1 aromatic carbocycles. The summed E-state index contributed by atoms with van der Waals surface area (Å²) in [5, 5.41) is 14.0. The summed E-state index contributed by atoms with van der Waals surface area (Å²) in [5.74, 6) is -0.155. The van der Waals surface area contributed by atoms with Crippen molar-refractivity contribution in [1.29, 1.82) is 0 Å². The Morgan fingerprint density at radius 2 is 2.10 bits per heavy atom. The van der Waals surface area contributed by atoms with Gasteiger partial charge in [-0.2, -0.15) is 9.97 Å². The van der Waals surface area contributed by atoms with Crippen molar-refractivity contribution in [1.82, 2.24) is 24.4 Å². The summed E-state index contributed by atoms with van der Waals surface area (Å²) in [6.45, 7) is 4.67. The van der Waals surface area contributed by atoms with E-state index in [0.717, 1.165) is 11.3 Å². The molecule has 14 nitrogen and oxygen atoms in total. The number of aliphatic hydroxyl groups is 1. The normalized spacial score (nSPS) is 23.8. The molecule has 16 heteroatoms. The molecular formula is C24H32FN7O7P+. The van der Waals surface area contributed by atoms with Gasteiger partial charge in [0, 0.05) is 11.1 Å². The number of nitrogen functional groups attached to an aromatic ring is 1. The number of ether oxygens (including phenoxy) is 2. The van der Waals surface area contributed by atoms with Gasteiger partial charge in [-0.15, -0.1) is 0 Å². The molecule has 2 aromatic heterocycles. The summed E-state index contributed by atoms with van der Waals surface area (Å²) in [6.07, 6.45) is -2.17. The number of nitrogens with two attached hydrogens (primary N) is 1. The molecule has 0 aliphatic carbocycles. The zero-order valence-electron chi connectivity index (χ0n) is 22.4. The summed E-state index contributed by atoms with van der Waals surface area (Å²) in [4.78, 5) is 31.3. The third kappa shape index (κ3) is 5.98. The average molecular weight is 581 g/mol. The Balaban J connectivity index is 1.55. The van der Waals surface area contributed by atoms with Crippen LogP contribution in [-0.2, 0) is 23.7 Å². The van der Waals surface area contributed by atoms with Crippen molar-refractivity contribution < 1.29 is 37.7 Å². The van der Waals surface area contributed by atoms with Crippen molar-refractivity contribution in [3.8, 4) is 5.75 Å². The number of nitrogens with zero attached hydrogens (tertiary/aromatic N) is 5. The van der Waals surface area contributed by atoms with Gasteiger partial charge in [-0.1, -0.05) is 25.1 Å². The molecule has 0 radical (unpaired) electrons. The number of methoxy groups -OCH3 is 1. The molecule has 1 aliphatic rings. The van der Waals surface area contributed by atoms with E-state index in [4.69, 9.17) is 24.6 Å². The fourth-order valence-corrected chi connectivity index (χ4v) is 5.07. The Morgan fingerprint density at radius 1 is 1.38 bits per heavy atom. The van der Waals surface area contributed by atoms with Gasteiger partial charge in [-0.05, 0) is 32.4 Å². The second kappa shape index (κ2) is 12.4. The van der Waals surface area contributed by atoms with Crippen LogP contribution in [0.5, 0.6) is 5.75 Å². The second-order valence-corrected chi connectivity index (χ2v) is 10.3. The molecule has 0 bridgehead atoms. The van der Waals surface area contributed by atoms with Gasteiger partial charge in [-0.25, -0.2) is 13.9 Å². The number of hydrogen-bond acceptors (Lipinski definition) is 12. The highest BCUT2D eigenvalue weighted by Gasteiger charge is 2.56. The van der Waals surface area contributed by atoms with E-state index in [2.05, 4.69) is 20.3 Å². The molecule has 3 aromatic rings. The van der Waals surface area contributed by atoms with Gasteiger partial charge < -0.3 is 25.6 Å². The topological polar surface area (TPSA) is 176 Å². The number of para-hydroxylation sites is 1. The monoisotopic (exact) mass is 580 g/mol. The molecule has 2 unspecified atom stereocenters. The maximum atomic E-state index is 16.0. The first kappa shape index (κ1) is 29.5. The first-order valence-electron chi connectivity index (χ1n) is 12.5. The molecule has 4 N–H and O–H groups in total. The highest BCUT2D eigenvalue weighted by Crippen LogP contribution is 2.43. The number of anilines is 2. The van der Waals surface area contributed by atoms with E-state index in [1.165, 1.54) is 31.9 Å². The smallest absolute Gasteiger partial charge is 0.468 e. The number of halogens is 1. The van der Waals surface area contributed by atoms with Crippen LogP contribution in [0.15, 0.2) is 36.7 Å². The molecule has 1 aliphatic heterocycles. The van der Waals surface area contributed by atoms with E-state index in [0.29, 0.717) is 17.9 Å². The number of esters is 1. The molecule has 0 spiro atoms.